The number of methoxy groups -OCH3 is 1. The highest BCUT2D eigenvalue weighted by Gasteiger charge is 2.24. The third kappa shape index (κ3) is 5.10. The van der Waals surface area contributed by atoms with E-state index in [9.17, 15) is 13.2 Å². The van der Waals surface area contributed by atoms with Gasteiger partial charge in [-0.25, -0.2) is 22.4 Å². The predicted octanol–water partition coefficient (Wildman–Crippen LogP) is 4.82. The van der Waals surface area contributed by atoms with E-state index in [2.05, 4.69) is 15.0 Å². The number of hydrogen-bond acceptors (Lipinski definition) is 8. The monoisotopic (exact) mass is 542 g/mol. The number of benzene rings is 2. The molecule has 0 atom stereocenters. The lowest BCUT2D eigenvalue weighted by molar-refractivity contribution is -0.142. The molecule has 2 aromatic carbocycles. The molecule has 0 aliphatic carbocycles. The van der Waals surface area contributed by atoms with Crippen LogP contribution in [0.1, 0.15) is 18.2 Å². The summed E-state index contributed by atoms with van der Waals surface area (Å²) < 4.78 is 39.3. The summed E-state index contributed by atoms with van der Waals surface area (Å²) >= 11 is 0. The first kappa shape index (κ1) is 26.1. The minimum absolute atomic E-state index is 0.0119. The molecular weight excluding hydrogens is 516 g/mol. The van der Waals surface area contributed by atoms with Crippen LogP contribution in [0.2, 0.25) is 0 Å². The number of pyridine rings is 1. The SMILES string of the molecule is CCOC(=O)Cc1cncc(-c2cnc3c(c2)c(-c2ccccc2OC)cn3S(=O)(=O)c2ccc(C)cc2)n1. The van der Waals surface area contributed by atoms with Crippen molar-refractivity contribution in [2.24, 2.45) is 0 Å². The summed E-state index contributed by atoms with van der Waals surface area (Å²) in [5, 5.41) is 0.588. The molecule has 198 valence electrons. The molecule has 0 unspecified atom stereocenters. The van der Waals surface area contributed by atoms with Crippen molar-refractivity contribution in [3.8, 4) is 28.1 Å². The zero-order valence-corrected chi connectivity index (χ0v) is 22.5. The summed E-state index contributed by atoms with van der Waals surface area (Å²) in [6, 6.07) is 15.9. The summed E-state index contributed by atoms with van der Waals surface area (Å²) in [7, 11) is -2.39. The van der Waals surface area contributed by atoms with E-state index in [1.54, 1.807) is 56.9 Å². The first-order chi connectivity index (χ1) is 18.8. The first-order valence-corrected chi connectivity index (χ1v) is 13.7. The number of nitrogens with zero attached hydrogens (tertiary/aromatic N) is 4. The van der Waals surface area contributed by atoms with E-state index in [4.69, 9.17) is 9.47 Å². The van der Waals surface area contributed by atoms with Crippen molar-refractivity contribution in [3.05, 3.63) is 90.6 Å². The van der Waals surface area contributed by atoms with Gasteiger partial charge in [-0.1, -0.05) is 35.9 Å². The van der Waals surface area contributed by atoms with Crippen molar-refractivity contribution in [1.82, 2.24) is 18.9 Å². The van der Waals surface area contributed by atoms with E-state index in [1.807, 2.05) is 37.3 Å². The van der Waals surface area contributed by atoms with Crippen LogP contribution in [0.25, 0.3) is 33.4 Å². The maximum atomic E-state index is 13.7. The molecule has 0 saturated heterocycles. The second kappa shape index (κ2) is 10.7. The Morgan fingerprint density at radius 2 is 1.77 bits per heavy atom. The van der Waals surface area contributed by atoms with Crippen molar-refractivity contribution in [2.75, 3.05) is 13.7 Å². The van der Waals surface area contributed by atoms with Crippen LogP contribution in [0.3, 0.4) is 0 Å². The van der Waals surface area contributed by atoms with Crippen LogP contribution in [-0.4, -0.2) is 47.0 Å². The Morgan fingerprint density at radius 3 is 2.51 bits per heavy atom. The van der Waals surface area contributed by atoms with Crippen LogP contribution in [0.5, 0.6) is 5.75 Å². The third-order valence-corrected chi connectivity index (χ3v) is 7.86. The van der Waals surface area contributed by atoms with Crippen molar-refractivity contribution < 1.29 is 22.7 Å². The number of para-hydroxylation sites is 1. The second-order valence-electron chi connectivity index (χ2n) is 8.83. The first-order valence-electron chi connectivity index (χ1n) is 12.3. The average Bonchev–Trinajstić information content (AvgIpc) is 3.33. The van der Waals surface area contributed by atoms with Crippen molar-refractivity contribution in [2.45, 2.75) is 25.2 Å². The largest absolute Gasteiger partial charge is 0.496 e. The van der Waals surface area contributed by atoms with E-state index in [0.717, 1.165) is 5.56 Å². The molecule has 3 aromatic heterocycles. The van der Waals surface area contributed by atoms with Gasteiger partial charge < -0.3 is 9.47 Å². The number of esters is 1. The molecule has 0 N–H and O–H groups in total. The fraction of sp³-hybridized carbons (Fsp3) is 0.172. The number of aryl methyl sites for hydroxylation is 1. The molecule has 5 aromatic rings. The number of rotatable bonds is 8. The lowest BCUT2D eigenvalue weighted by Gasteiger charge is -2.08. The van der Waals surface area contributed by atoms with Gasteiger partial charge in [0.15, 0.2) is 5.65 Å². The molecule has 39 heavy (non-hydrogen) atoms. The molecular formula is C29H26N4O5S. The smallest absolute Gasteiger partial charge is 0.311 e. The van der Waals surface area contributed by atoms with E-state index in [1.165, 1.54) is 10.2 Å². The second-order valence-corrected chi connectivity index (χ2v) is 10.6. The number of carbonyl (C=O) groups excluding carboxylic acids is 1. The fourth-order valence-corrected chi connectivity index (χ4v) is 5.62. The molecule has 3 heterocycles. The third-order valence-electron chi connectivity index (χ3n) is 6.20. The molecule has 0 aliphatic rings. The van der Waals surface area contributed by atoms with Gasteiger partial charge in [0.25, 0.3) is 10.0 Å². The van der Waals surface area contributed by atoms with Gasteiger partial charge in [-0.3, -0.25) is 9.78 Å². The van der Waals surface area contributed by atoms with E-state index >= 15 is 0 Å². The Morgan fingerprint density at radius 1 is 1.00 bits per heavy atom. The van der Waals surface area contributed by atoms with Crippen LogP contribution in [0.15, 0.2) is 84.3 Å². The zero-order valence-electron chi connectivity index (χ0n) is 21.7. The van der Waals surface area contributed by atoms with Gasteiger partial charge in [-0.05, 0) is 38.1 Å². The lowest BCUT2D eigenvalue weighted by Crippen LogP contribution is -2.12. The van der Waals surface area contributed by atoms with E-state index in [-0.39, 0.29) is 23.6 Å². The quantitative estimate of drug-likeness (QED) is 0.257. The molecule has 5 rings (SSSR count). The highest BCUT2D eigenvalue weighted by molar-refractivity contribution is 7.90. The van der Waals surface area contributed by atoms with Gasteiger partial charge in [0.05, 0.1) is 42.6 Å². The predicted molar refractivity (Wildman–Crippen MR) is 147 cm³/mol. The zero-order chi connectivity index (χ0) is 27.6. The Bertz CT molecular complexity index is 1780. The number of carbonyl (C=O) groups is 1. The maximum Gasteiger partial charge on any atom is 0.311 e. The van der Waals surface area contributed by atoms with Gasteiger partial charge in [-0.2, -0.15) is 0 Å². The molecule has 0 fully saturated rings. The highest BCUT2D eigenvalue weighted by atomic mass is 32.2. The highest BCUT2D eigenvalue weighted by Crippen LogP contribution is 2.38. The van der Waals surface area contributed by atoms with Crippen LogP contribution >= 0.6 is 0 Å². The van der Waals surface area contributed by atoms with Crippen molar-refractivity contribution >= 4 is 27.0 Å². The van der Waals surface area contributed by atoms with Gasteiger partial charge >= 0.3 is 5.97 Å². The van der Waals surface area contributed by atoms with Crippen molar-refractivity contribution in [3.63, 3.8) is 0 Å². The molecule has 0 spiro atoms. The Labute approximate surface area is 226 Å². The summed E-state index contributed by atoms with van der Waals surface area (Å²) in [6.07, 6.45) is 6.19. The number of ether oxygens (including phenoxy) is 2. The summed E-state index contributed by atoms with van der Waals surface area (Å²) in [4.78, 5) is 25.5. The Kier molecular flexibility index (Phi) is 7.12. The van der Waals surface area contributed by atoms with Crippen LogP contribution in [-0.2, 0) is 26.0 Å². The maximum absolute atomic E-state index is 13.7. The number of fused-ring (bicyclic) bond motifs is 1. The Balaban J connectivity index is 1.69. The van der Waals surface area contributed by atoms with Gasteiger partial charge in [-0.15, -0.1) is 0 Å². The van der Waals surface area contributed by atoms with Gasteiger partial charge in [0.1, 0.15) is 5.75 Å². The minimum atomic E-state index is -3.96. The van der Waals surface area contributed by atoms with Crippen LogP contribution in [0.4, 0.5) is 0 Å². The van der Waals surface area contributed by atoms with Gasteiger partial charge in [0.2, 0.25) is 0 Å². The van der Waals surface area contributed by atoms with E-state index < -0.39 is 16.0 Å². The molecule has 10 heteroatoms. The Hall–Kier alpha value is -4.57. The number of aromatic nitrogens is 4. The topological polar surface area (TPSA) is 113 Å². The van der Waals surface area contributed by atoms with E-state index in [0.29, 0.717) is 39.2 Å². The lowest BCUT2D eigenvalue weighted by atomic mass is 10.0. The molecule has 0 bridgehead atoms. The minimum Gasteiger partial charge on any atom is -0.496 e. The molecule has 0 aliphatic heterocycles. The summed E-state index contributed by atoms with van der Waals surface area (Å²) in [5.74, 6) is 0.195. The van der Waals surface area contributed by atoms with Crippen molar-refractivity contribution in [1.29, 1.82) is 0 Å². The van der Waals surface area contributed by atoms with Crippen LogP contribution < -0.4 is 4.74 Å². The average molecular weight is 543 g/mol. The number of hydrogen-bond donors (Lipinski definition) is 0. The molecule has 0 saturated carbocycles. The normalized spacial score (nSPS) is 11.5. The standard InChI is InChI=1S/C29H26N4O5S/c1-4-38-28(34)14-21-16-30-17-26(32-21)20-13-24-25(23-7-5-6-8-27(23)37-3)18-33(29(24)31-15-20)39(35,36)22-11-9-19(2)10-12-22/h5-13,15-18H,4,14H2,1-3H3. The molecule has 0 radical (unpaired) electrons. The van der Waals surface area contributed by atoms with Gasteiger partial charge in [0, 0.05) is 40.7 Å². The molecule has 0 amide bonds. The summed E-state index contributed by atoms with van der Waals surface area (Å²) in [5.41, 5.74) is 4.11. The fourth-order valence-electron chi connectivity index (χ4n) is 4.30. The van der Waals surface area contributed by atoms with Crippen LogP contribution in [0, 0.1) is 6.92 Å². The summed E-state index contributed by atoms with van der Waals surface area (Å²) in [6.45, 7) is 3.92. The molecule has 9 nitrogen and oxygen atoms in total.